The van der Waals surface area contributed by atoms with E-state index in [1.54, 1.807) is 7.11 Å². The maximum absolute atomic E-state index is 5.82. The predicted octanol–water partition coefficient (Wildman–Crippen LogP) is 1.77. The Bertz CT molecular complexity index is 418. The number of nitrogens with zero attached hydrogens (tertiary/aromatic N) is 1. The Labute approximate surface area is 109 Å². The fraction of sp³-hybridized carbons (Fsp3) is 0.571. The molecule has 100 valence electrons. The molecule has 1 aliphatic heterocycles. The van der Waals surface area contributed by atoms with E-state index in [4.69, 9.17) is 15.2 Å². The van der Waals surface area contributed by atoms with Gasteiger partial charge in [0.05, 0.1) is 19.3 Å². The standard InChI is InChI=1S/C14H22N2O2/c1-14(2)10-16(6-7-18-14)13-8-12(17-3)5-4-11(13)9-15/h4-5,8H,6-7,9-10,15H2,1-3H3. The van der Waals surface area contributed by atoms with E-state index in [-0.39, 0.29) is 5.60 Å². The Balaban J connectivity index is 2.30. The Morgan fingerprint density at radius 2 is 2.22 bits per heavy atom. The lowest BCUT2D eigenvalue weighted by molar-refractivity contribution is -0.0277. The third-order valence-corrected chi connectivity index (χ3v) is 3.28. The first kappa shape index (κ1) is 13.2. The molecular formula is C14H22N2O2. The molecule has 0 aliphatic carbocycles. The SMILES string of the molecule is COc1ccc(CN)c(N2CCOC(C)(C)C2)c1. The Morgan fingerprint density at radius 1 is 1.44 bits per heavy atom. The normalized spacial score (nSPS) is 18.8. The Morgan fingerprint density at radius 3 is 2.83 bits per heavy atom. The average Bonchev–Trinajstić information content (AvgIpc) is 2.36. The molecule has 0 bridgehead atoms. The summed E-state index contributed by atoms with van der Waals surface area (Å²) in [5.74, 6) is 0.867. The van der Waals surface area contributed by atoms with Crippen LogP contribution in [0.2, 0.25) is 0 Å². The summed E-state index contributed by atoms with van der Waals surface area (Å²) in [5.41, 5.74) is 8.01. The molecule has 1 heterocycles. The van der Waals surface area contributed by atoms with Crippen LogP contribution in [-0.4, -0.2) is 32.4 Å². The zero-order chi connectivity index (χ0) is 13.2. The van der Waals surface area contributed by atoms with Gasteiger partial charge in [0.2, 0.25) is 0 Å². The third kappa shape index (κ3) is 2.76. The molecule has 0 saturated carbocycles. The second-order valence-corrected chi connectivity index (χ2v) is 5.23. The number of nitrogens with two attached hydrogens (primary N) is 1. The molecule has 2 rings (SSSR count). The van der Waals surface area contributed by atoms with Crippen LogP contribution in [0.25, 0.3) is 0 Å². The molecule has 4 heteroatoms. The highest BCUT2D eigenvalue weighted by Crippen LogP contribution is 2.29. The molecule has 18 heavy (non-hydrogen) atoms. The maximum Gasteiger partial charge on any atom is 0.120 e. The topological polar surface area (TPSA) is 47.7 Å². The lowest BCUT2D eigenvalue weighted by atomic mass is 10.0. The van der Waals surface area contributed by atoms with Crippen LogP contribution in [0.3, 0.4) is 0 Å². The molecule has 1 fully saturated rings. The van der Waals surface area contributed by atoms with Crippen molar-refractivity contribution in [1.29, 1.82) is 0 Å². The van der Waals surface area contributed by atoms with Crippen molar-refractivity contribution in [2.75, 3.05) is 31.7 Å². The van der Waals surface area contributed by atoms with Gasteiger partial charge in [-0.05, 0) is 25.5 Å². The predicted molar refractivity (Wildman–Crippen MR) is 73.1 cm³/mol. The second-order valence-electron chi connectivity index (χ2n) is 5.23. The minimum Gasteiger partial charge on any atom is -0.497 e. The largest absolute Gasteiger partial charge is 0.497 e. The molecule has 0 amide bonds. The van der Waals surface area contributed by atoms with E-state index < -0.39 is 0 Å². The van der Waals surface area contributed by atoms with Crippen LogP contribution in [0, 0.1) is 0 Å². The summed E-state index contributed by atoms with van der Waals surface area (Å²) >= 11 is 0. The number of ether oxygens (including phenoxy) is 2. The molecular weight excluding hydrogens is 228 g/mol. The van der Waals surface area contributed by atoms with Gasteiger partial charge in [0.15, 0.2) is 0 Å². The summed E-state index contributed by atoms with van der Waals surface area (Å²) in [6.07, 6.45) is 0. The van der Waals surface area contributed by atoms with Gasteiger partial charge >= 0.3 is 0 Å². The van der Waals surface area contributed by atoms with Crippen molar-refractivity contribution in [2.45, 2.75) is 26.0 Å². The molecule has 1 saturated heterocycles. The van der Waals surface area contributed by atoms with Crippen molar-refractivity contribution in [3.05, 3.63) is 23.8 Å². The number of morpholine rings is 1. The van der Waals surface area contributed by atoms with Crippen LogP contribution in [0.1, 0.15) is 19.4 Å². The van der Waals surface area contributed by atoms with Gasteiger partial charge in [-0.3, -0.25) is 0 Å². The quantitative estimate of drug-likeness (QED) is 0.888. The van der Waals surface area contributed by atoms with Gasteiger partial charge in [0.25, 0.3) is 0 Å². The van der Waals surface area contributed by atoms with E-state index in [1.165, 1.54) is 0 Å². The number of benzene rings is 1. The summed E-state index contributed by atoms with van der Waals surface area (Å²) < 4.78 is 11.0. The number of rotatable bonds is 3. The summed E-state index contributed by atoms with van der Waals surface area (Å²) in [7, 11) is 1.69. The highest BCUT2D eigenvalue weighted by Gasteiger charge is 2.28. The Hall–Kier alpha value is -1.26. The summed E-state index contributed by atoms with van der Waals surface area (Å²) in [6, 6.07) is 6.05. The van der Waals surface area contributed by atoms with E-state index in [9.17, 15) is 0 Å². The number of hydrogen-bond donors (Lipinski definition) is 1. The smallest absolute Gasteiger partial charge is 0.120 e. The van der Waals surface area contributed by atoms with Crippen molar-refractivity contribution >= 4 is 5.69 Å². The highest BCUT2D eigenvalue weighted by atomic mass is 16.5. The highest BCUT2D eigenvalue weighted by molar-refractivity contribution is 5.57. The van der Waals surface area contributed by atoms with Gasteiger partial charge < -0.3 is 20.1 Å². The third-order valence-electron chi connectivity index (χ3n) is 3.28. The van der Waals surface area contributed by atoms with E-state index in [0.717, 1.165) is 36.7 Å². The van der Waals surface area contributed by atoms with Crippen LogP contribution in [0.5, 0.6) is 5.75 Å². The van der Waals surface area contributed by atoms with E-state index in [2.05, 4.69) is 24.8 Å². The lowest BCUT2D eigenvalue weighted by Crippen LogP contribution is -2.48. The van der Waals surface area contributed by atoms with Crippen LogP contribution < -0.4 is 15.4 Å². The Kier molecular flexibility index (Phi) is 3.78. The van der Waals surface area contributed by atoms with Crippen molar-refractivity contribution in [2.24, 2.45) is 5.73 Å². The van der Waals surface area contributed by atoms with Crippen molar-refractivity contribution in [1.82, 2.24) is 0 Å². The summed E-state index contributed by atoms with van der Waals surface area (Å²) in [6.45, 7) is 7.27. The van der Waals surface area contributed by atoms with E-state index in [1.807, 2.05) is 12.1 Å². The van der Waals surface area contributed by atoms with Gasteiger partial charge in [-0.2, -0.15) is 0 Å². The van der Waals surface area contributed by atoms with Crippen LogP contribution in [-0.2, 0) is 11.3 Å². The molecule has 0 radical (unpaired) electrons. The van der Waals surface area contributed by atoms with Gasteiger partial charge in [0.1, 0.15) is 5.75 Å². The number of anilines is 1. The van der Waals surface area contributed by atoms with Gasteiger partial charge in [-0.15, -0.1) is 0 Å². The molecule has 4 nitrogen and oxygen atoms in total. The van der Waals surface area contributed by atoms with Crippen molar-refractivity contribution < 1.29 is 9.47 Å². The molecule has 0 aromatic heterocycles. The molecule has 0 spiro atoms. The fourth-order valence-electron chi connectivity index (χ4n) is 2.36. The van der Waals surface area contributed by atoms with E-state index in [0.29, 0.717) is 6.54 Å². The lowest BCUT2D eigenvalue weighted by Gasteiger charge is -2.40. The summed E-state index contributed by atoms with van der Waals surface area (Å²) in [5, 5.41) is 0. The molecule has 1 aromatic carbocycles. The van der Waals surface area contributed by atoms with Crippen molar-refractivity contribution in [3.8, 4) is 5.75 Å². The van der Waals surface area contributed by atoms with Crippen LogP contribution in [0.4, 0.5) is 5.69 Å². The van der Waals surface area contributed by atoms with Crippen LogP contribution in [0.15, 0.2) is 18.2 Å². The number of methoxy groups -OCH3 is 1. The first-order valence-corrected chi connectivity index (χ1v) is 6.31. The zero-order valence-electron chi connectivity index (χ0n) is 11.4. The minimum atomic E-state index is -0.118. The second kappa shape index (κ2) is 5.16. The minimum absolute atomic E-state index is 0.118. The number of hydrogen-bond acceptors (Lipinski definition) is 4. The molecule has 2 N–H and O–H groups in total. The van der Waals surface area contributed by atoms with Gasteiger partial charge in [-0.25, -0.2) is 0 Å². The first-order valence-electron chi connectivity index (χ1n) is 6.31. The van der Waals surface area contributed by atoms with E-state index >= 15 is 0 Å². The van der Waals surface area contributed by atoms with Crippen LogP contribution >= 0.6 is 0 Å². The molecule has 1 aliphatic rings. The molecule has 1 aromatic rings. The zero-order valence-corrected chi connectivity index (χ0v) is 11.4. The fourth-order valence-corrected chi connectivity index (χ4v) is 2.36. The van der Waals surface area contributed by atoms with Crippen molar-refractivity contribution in [3.63, 3.8) is 0 Å². The van der Waals surface area contributed by atoms with Gasteiger partial charge in [-0.1, -0.05) is 6.07 Å². The summed E-state index contributed by atoms with van der Waals surface area (Å²) in [4.78, 5) is 2.33. The monoisotopic (exact) mass is 250 g/mol. The molecule has 0 unspecified atom stereocenters. The molecule has 0 atom stereocenters. The average molecular weight is 250 g/mol. The van der Waals surface area contributed by atoms with Gasteiger partial charge in [0, 0.05) is 31.4 Å². The first-order chi connectivity index (χ1) is 8.55. The maximum atomic E-state index is 5.82.